The van der Waals surface area contributed by atoms with Gasteiger partial charge in [-0.15, -0.1) is 0 Å². The summed E-state index contributed by atoms with van der Waals surface area (Å²) in [6.45, 7) is 0. The van der Waals surface area contributed by atoms with Crippen molar-refractivity contribution in [2.75, 3.05) is 0 Å². The average molecular weight is 998 g/mol. The molecule has 3 saturated carbocycles. The summed E-state index contributed by atoms with van der Waals surface area (Å²) in [6, 6.07) is 21.5. The molecule has 5 N–H and O–H groups in total. The highest BCUT2D eigenvalue weighted by atomic mass is 32.2. The van der Waals surface area contributed by atoms with E-state index in [1.54, 1.807) is 48.5 Å². The molecule has 2 aliphatic heterocycles. The van der Waals surface area contributed by atoms with Crippen molar-refractivity contribution in [3.8, 4) is 45.6 Å². The Morgan fingerprint density at radius 3 is 1.09 bits per heavy atom. The maximum absolute atomic E-state index is 14.0. The topological polar surface area (TPSA) is 247 Å². The molecule has 3 aliphatic carbocycles. The monoisotopic (exact) mass is 997 g/mol. The Balaban J connectivity index is 1.10. The van der Waals surface area contributed by atoms with Crippen molar-refractivity contribution in [3.05, 3.63) is 78.9 Å². The molecule has 3 fully saturated rings. The van der Waals surface area contributed by atoms with Crippen LogP contribution in [0, 0.1) is 0 Å². The van der Waals surface area contributed by atoms with Crippen LogP contribution in [-0.4, -0.2) is 83.3 Å². The first-order valence-electron chi connectivity index (χ1n) is 24.3. The fraction of sp³-hybridized carbons (Fsp3) is 0.360. The zero-order valence-corrected chi connectivity index (χ0v) is 40.7. The zero-order chi connectivity index (χ0) is 47.8. The molecule has 17 nitrogen and oxygen atoms in total. The summed E-state index contributed by atoms with van der Waals surface area (Å²) >= 11 is 0. The van der Waals surface area contributed by atoms with Crippen LogP contribution in [0.15, 0.2) is 93.5 Å². The van der Waals surface area contributed by atoms with Crippen LogP contribution in [-0.2, 0) is 30.1 Å². The van der Waals surface area contributed by atoms with Gasteiger partial charge < -0.3 is 9.97 Å². The van der Waals surface area contributed by atoms with E-state index in [2.05, 4.69) is 24.1 Å². The summed E-state index contributed by atoms with van der Waals surface area (Å²) in [7, 11) is -11.8. The number of hydrogen-bond acceptors (Lipinski definition) is 12. The third kappa shape index (κ3) is 8.46. The Morgan fingerprint density at radius 1 is 0.357 bits per heavy atom. The SMILES string of the molecule is O=S(=O)(NC1CCCCC1)c1ccc2c(c1)-c1nc-2nc2[nH]c(nc3nc(nc4[nH]c(n1)c1ccccc41)-c1ccc(S(=O)(=O)NC4CCCCC4)cc1-3)c1ccc(S(=O)(=O)NC3CCCCC3)cc21. The third-order valence-electron chi connectivity index (χ3n) is 14.4. The maximum atomic E-state index is 14.0. The summed E-state index contributed by atoms with van der Waals surface area (Å²) in [5.74, 6) is 0.848. The fourth-order valence-electron chi connectivity index (χ4n) is 10.7. The van der Waals surface area contributed by atoms with E-state index in [-0.39, 0.29) is 67.4 Å². The second kappa shape index (κ2) is 17.7. The van der Waals surface area contributed by atoms with Gasteiger partial charge in [0.1, 0.15) is 22.6 Å². The molecule has 0 radical (unpaired) electrons. The smallest absolute Gasteiger partial charge is 0.240 e. The van der Waals surface area contributed by atoms with Gasteiger partial charge in [-0.1, -0.05) is 82.1 Å². The molecular formula is C50H51N11O6S3. The number of aromatic amines is 2. The highest BCUT2D eigenvalue weighted by Crippen LogP contribution is 2.39. The van der Waals surface area contributed by atoms with Crippen LogP contribution in [0.5, 0.6) is 0 Å². The van der Waals surface area contributed by atoms with Crippen LogP contribution in [0.3, 0.4) is 0 Å². The van der Waals surface area contributed by atoms with E-state index in [1.165, 1.54) is 6.07 Å². The quantitative estimate of drug-likeness (QED) is 0.0911. The largest absolute Gasteiger partial charge is 0.324 e. The van der Waals surface area contributed by atoms with Gasteiger partial charge in [0.15, 0.2) is 23.3 Å². The Bertz CT molecular complexity index is 3730. The molecule has 3 aromatic heterocycles. The van der Waals surface area contributed by atoms with Gasteiger partial charge >= 0.3 is 0 Å². The van der Waals surface area contributed by atoms with E-state index < -0.39 is 30.1 Å². The van der Waals surface area contributed by atoms with Crippen LogP contribution in [0.1, 0.15) is 96.3 Å². The lowest BCUT2D eigenvalue weighted by atomic mass is 9.96. The van der Waals surface area contributed by atoms with Gasteiger partial charge in [0.05, 0.1) is 14.7 Å². The van der Waals surface area contributed by atoms with Gasteiger partial charge in [0.2, 0.25) is 30.1 Å². The van der Waals surface area contributed by atoms with Crippen molar-refractivity contribution in [2.24, 2.45) is 0 Å². The lowest BCUT2D eigenvalue weighted by Crippen LogP contribution is -2.36. The molecule has 8 bridgehead atoms. The summed E-state index contributed by atoms with van der Waals surface area (Å²) in [6.07, 6.45) is 13.5. The van der Waals surface area contributed by atoms with E-state index in [4.69, 9.17) is 29.9 Å². The van der Waals surface area contributed by atoms with E-state index in [1.807, 2.05) is 24.3 Å². The molecule has 0 atom stereocenters. The number of hydrogen-bond donors (Lipinski definition) is 5. The zero-order valence-electron chi connectivity index (χ0n) is 38.2. The van der Waals surface area contributed by atoms with Gasteiger partial charge in [-0.2, -0.15) is 0 Å². The minimum Gasteiger partial charge on any atom is -0.324 e. The molecule has 0 saturated heterocycles. The van der Waals surface area contributed by atoms with Crippen molar-refractivity contribution >= 4 is 74.2 Å². The van der Waals surface area contributed by atoms with E-state index in [0.717, 1.165) is 102 Å². The summed E-state index contributed by atoms with van der Waals surface area (Å²) in [5.41, 5.74) is 3.25. The minimum atomic E-state index is -3.97. The third-order valence-corrected chi connectivity index (χ3v) is 18.9. The molecule has 0 unspecified atom stereocenters. The van der Waals surface area contributed by atoms with Crippen molar-refractivity contribution in [2.45, 2.75) is 129 Å². The first kappa shape index (κ1) is 45.1. The van der Waals surface area contributed by atoms with Gasteiger partial charge in [-0.05, 0) is 93.1 Å². The molecule has 20 heteroatoms. The number of nitrogens with zero attached hydrogens (tertiary/aromatic N) is 6. The Hall–Kier alpha value is -6.03. The number of benzene rings is 4. The maximum Gasteiger partial charge on any atom is 0.240 e. The molecule has 70 heavy (non-hydrogen) atoms. The number of rotatable bonds is 9. The van der Waals surface area contributed by atoms with E-state index >= 15 is 0 Å². The van der Waals surface area contributed by atoms with Crippen LogP contribution in [0.2, 0.25) is 0 Å². The normalized spacial score (nSPS) is 17.5. The molecule has 360 valence electrons. The number of nitrogens with one attached hydrogen (secondary N) is 5. The fourth-order valence-corrected chi connectivity index (χ4v) is 14.7. The minimum absolute atomic E-state index is 0.0438. The highest BCUT2D eigenvalue weighted by Gasteiger charge is 2.30. The average Bonchev–Trinajstić information content (AvgIpc) is 4.09. The van der Waals surface area contributed by atoms with Crippen molar-refractivity contribution in [1.29, 1.82) is 0 Å². The Morgan fingerprint density at radius 2 is 0.686 bits per heavy atom. The first-order valence-corrected chi connectivity index (χ1v) is 28.7. The molecular weight excluding hydrogens is 947 g/mol. The summed E-state index contributed by atoms with van der Waals surface area (Å²) in [4.78, 5) is 37.1. The van der Waals surface area contributed by atoms with Crippen LogP contribution in [0.25, 0.3) is 89.7 Å². The van der Waals surface area contributed by atoms with Crippen LogP contribution < -0.4 is 14.2 Å². The Kier molecular flexibility index (Phi) is 11.4. The predicted octanol–water partition coefficient (Wildman–Crippen LogP) is 8.70. The number of sulfonamides is 3. The highest BCUT2D eigenvalue weighted by molar-refractivity contribution is 7.90. The molecule has 0 amide bonds. The van der Waals surface area contributed by atoms with Crippen LogP contribution >= 0.6 is 0 Å². The van der Waals surface area contributed by atoms with E-state index in [0.29, 0.717) is 49.7 Å². The van der Waals surface area contributed by atoms with Crippen LogP contribution in [0.4, 0.5) is 0 Å². The molecule has 5 heterocycles. The van der Waals surface area contributed by atoms with Crippen molar-refractivity contribution in [1.82, 2.24) is 54.0 Å². The molecule has 4 aromatic carbocycles. The number of aromatic nitrogens is 8. The van der Waals surface area contributed by atoms with Crippen molar-refractivity contribution < 1.29 is 25.3 Å². The van der Waals surface area contributed by atoms with Gasteiger partial charge in [0, 0.05) is 61.9 Å². The second-order valence-corrected chi connectivity index (χ2v) is 24.3. The summed E-state index contributed by atoms with van der Waals surface area (Å²) < 4.78 is 92.7. The lowest BCUT2D eigenvalue weighted by molar-refractivity contribution is 0.412. The first-order chi connectivity index (χ1) is 33.8. The molecule has 5 aliphatic rings. The molecule has 0 spiro atoms. The lowest BCUT2D eigenvalue weighted by Gasteiger charge is -2.22. The van der Waals surface area contributed by atoms with Crippen molar-refractivity contribution in [3.63, 3.8) is 0 Å². The molecule has 12 rings (SSSR count). The summed E-state index contributed by atoms with van der Waals surface area (Å²) in [5, 5.41) is 2.36. The number of H-pyrrole nitrogens is 2. The Labute approximate surface area is 405 Å². The predicted molar refractivity (Wildman–Crippen MR) is 268 cm³/mol. The van der Waals surface area contributed by atoms with Gasteiger partial charge in [-0.3, -0.25) is 0 Å². The molecule has 7 aromatic rings. The second-order valence-electron chi connectivity index (χ2n) is 19.1. The van der Waals surface area contributed by atoms with Gasteiger partial charge in [0.25, 0.3) is 0 Å². The standard InChI is InChI=1S/C50H51N11O6S3/c62-68(63,59-29-12-4-1-5-13-29)32-20-23-37-40(26-32)49-54-45(37)52-43-35-18-10-11-19-36(35)44(51-43)53-48-41-27-33(69(64,65)60-30-14-6-2-7-15-30)21-24-38(41)46(55-48)57-50-42-28-34(22-25-39(42)47(56-49)58-50)70(66,67)61-31-16-8-3-9-17-31/h10-11,18-31,59-61H,1-9,12-17H2,(H2,51,52,53,54,55,56,57,58). The number of fused-ring (bicyclic) bond motifs is 20. The van der Waals surface area contributed by atoms with Gasteiger partial charge in [-0.25, -0.2) is 69.3 Å². The van der Waals surface area contributed by atoms with E-state index in [9.17, 15) is 25.3 Å².